The molecular formula is C22H26FN3O5. The van der Waals surface area contributed by atoms with E-state index in [1.807, 2.05) is 20.8 Å². The Kier molecular flexibility index (Phi) is 6.39. The minimum absolute atomic E-state index is 0.103. The van der Waals surface area contributed by atoms with E-state index in [0.29, 0.717) is 26.2 Å². The van der Waals surface area contributed by atoms with Crippen LogP contribution in [-0.4, -0.2) is 84.3 Å². The van der Waals surface area contributed by atoms with Crippen LogP contribution in [0.2, 0.25) is 0 Å². The predicted octanol–water partition coefficient (Wildman–Crippen LogP) is 2.32. The largest absolute Gasteiger partial charge is 0.465 e. The van der Waals surface area contributed by atoms with Gasteiger partial charge in [0.05, 0.1) is 30.8 Å². The summed E-state index contributed by atoms with van der Waals surface area (Å²) in [5.41, 5.74) is -0.342. The molecule has 3 amide bonds. The van der Waals surface area contributed by atoms with Gasteiger partial charge < -0.3 is 24.2 Å². The van der Waals surface area contributed by atoms with E-state index in [9.17, 15) is 18.8 Å². The summed E-state index contributed by atoms with van der Waals surface area (Å²) in [4.78, 5) is 41.3. The van der Waals surface area contributed by atoms with Crippen molar-refractivity contribution in [3.05, 3.63) is 35.1 Å². The fourth-order valence-electron chi connectivity index (χ4n) is 3.49. The van der Waals surface area contributed by atoms with Crippen molar-refractivity contribution in [2.24, 2.45) is 0 Å². The molecule has 2 saturated heterocycles. The van der Waals surface area contributed by atoms with Gasteiger partial charge in [-0.2, -0.15) is 0 Å². The monoisotopic (exact) mass is 431 g/mol. The van der Waals surface area contributed by atoms with Crippen LogP contribution < -0.4 is 0 Å². The van der Waals surface area contributed by atoms with Gasteiger partial charge in [0.2, 0.25) is 0 Å². The first-order chi connectivity index (χ1) is 14.6. The van der Waals surface area contributed by atoms with Crippen LogP contribution in [0.4, 0.5) is 14.0 Å². The Balaban J connectivity index is 1.60. The zero-order chi connectivity index (χ0) is 22.8. The molecule has 1 aromatic rings. The standard InChI is InChI=1S/C22H26FN3O5/c1-22(2,3)31-21(29)25-10-11-26-17(14-25)13-24(20(26)28)9-5-6-15-7-8-16(12-18(15)23)19(27)30-4/h7-8,12,17H,9-11,13-14H2,1-4H3. The van der Waals surface area contributed by atoms with Crippen LogP contribution in [0.5, 0.6) is 0 Å². The van der Waals surface area contributed by atoms with Gasteiger partial charge in [0.1, 0.15) is 11.4 Å². The Labute approximate surface area is 180 Å². The number of hydrogen-bond donors (Lipinski definition) is 0. The van der Waals surface area contributed by atoms with Gasteiger partial charge in [0.25, 0.3) is 0 Å². The molecule has 2 fully saturated rings. The average molecular weight is 431 g/mol. The van der Waals surface area contributed by atoms with Crippen molar-refractivity contribution >= 4 is 18.1 Å². The van der Waals surface area contributed by atoms with Gasteiger partial charge in [-0.1, -0.05) is 11.8 Å². The van der Waals surface area contributed by atoms with Gasteiger partial charge in [-0.05, 0) is 39.0 Å². The number of hydrogen-bond acceptors (Lipinski definition) is 5. The lowest BCUT2D eigenvalue weighted by Crippen LogP contribution is -2.54. The second kappa shape index (κ2) is 8.84. The summed E-state index contributed by atoms with van der Waals surface area (Å²) in [6.07, 6.45) is -0.385. The molecule has 3 rings (SSSR count). The van der Waals surface area contributed by atoms with E-state index >= 15 is 0 Å². The Hall–Kier alpha value is -3.28. The molecule has 0 spiro atoms. The SMILES string of the molecule is COC(=O)c1ccc(C#CCN2CC3CN(C(=O)OC(C)(C)C)CCN3C2=O)c(F)c1. The van der Waals surface area contributed by atoms with E-state index in [4.69, 9.17) is 4.74 Å². The first-order valence-electron chi connectivity index (χ1n) is 9.99. The highest BCUT2D eigenvalue weighted by Gasteiger charge is 2.42. The summed E-state index contributed by atoms with van der Waals surface area (Å²) in [6, 6.07) is 3.63. The molecule has 0 aliphatic carbocycles. The van der Waals surface area contributed by atoms with Gasteiger partial charge >= 0.3 is 18.1 Å². The summed E-state index contributed by atoms with van der Waals surface area (Å²) in [5, 5.41) is 0. The molecule has 1 unspecified atom stereocenters. The number of esters is 1. The number of nitrogens with zero attached hydrogens (tertiary/aromatic N) is 3. The number of amides is 3. The Bertz CT molecular complexity index is 947. The van der Waals surface area contributed by atoms with Crippen molar-refractivity contribution in [2.75, 3.05) is 39.8 Å². The molecule has 0 N–H and O–H groups in total. The highest BCUT2D eigenvalue weighted by Crippen LogP contribution is 2.22. The number of ether oxygens (including phenoxy) is 2. The van der Waals surface area contributed by atoms with E-state index in [0.717, 1.165) is 6.07 Å². The van der Waals surface area contributed by atoms with Gasteiger partial charge in [-0.3, -0.25) is 0 Å². The number of rotatable bonds is 2. The molecule has 2 heterocycles. The van der Waals surface area contributed by atoms with Crippen molar-refractivity contribution in [3.63, 3.8) is 0 Å². The van der Waals surface area contributed by atoms with Crippen LogP contribution in [0.1, 0.15) is 36.7 Å². The molecule has 31 heavy (non-hydrogen) atoms. The van der Waals surface area contributed by atoms with Crippen molar-refractivity contribution in [3.8, 4) is 11.8 Å². The molecular weight excluding hydrogens is 405 g/mol. The highest BCUT2D eigenvalue weighted by atomic mass is 19.1. The van der Waals surface area contributed by atoms with Crippen LogP contribution >= 0.6 is 0 Å². The molecule has 166 valence electrons. The molecule has 0 bridgehead atoms. The zero-order valence-corrected chi connectivity index (χ0v) is 18.1. The highest BCUT2D eigenvalue weighted by molar-refractivity contribution is 5.89. The summed E-state index contributed by atoms with van der Waals surface area (Å²) < 4.78 is 24.1. The predicted molar refractivity (Wildman–Crippen MR) is 110 cm³/mol. The van der Waals surface area contributed by atoms with E-state index in [-0.39, 0.29) is 35.8 Å². The van der Waals surface area contributed by atoms with E-state index in [1.54, 1.807) is 14.7 Å². The Morgan fingerprint density at radius 1 is 1.23 bits per heavy atom. The van der Waals surface area contributed by atoms with E-state index in [1.165, 1.54) is 19.2 Å². The van der Waals surface area contributed by atoms with Crippen LogP contribution in [0.3, 0.4) is 0 Å². The second-order valence-electron chi connectivity index (χ2n) is 8.42. The number of halogens is 1. The van der Waals surface area contributed by atoms with Crippen molar-refractivity contribution in [1.29, 1.82) is 0 Å². The zero-order valence-electron chi connectivity index (χ0n) is 18.1. The molecule has 2 aliphatic rings. The van der Waals surface area contributed by atoms with E-state index < -0.39 is 17.4 Å². The molecule has 0 saturated carbocycles. The van der Waals surface area contributed by atoms with Crippen LogP contribution in [-0.2, 0) is 9.47 Å². The van der Waals surface area contributed by atoms with Gasteiger partial charge in [0, 0.05) is 26.2 Å². The molecule has 2 aliphatic heterocycles. The molecule has 0 radical (unpaired) electrons. The quantitative estimate of drug-likeness (QED) is 0.531. The van der Waals surface area contributed by atoms with Gasteiger partial charge in [-0.15, -0.1) is 0 Å². The second-order valence-corrected chi connectivity index (χ2v) is 8.42. The Morgan fingerprint density at radius 2 is 1.97 bits per heavy atom. The summed E-state index contributed by atoms with van der Waals surface area (Å²) in [7, 11) is 1.22. The number of benzene rings is 1. The molecule has 9 heteroatoms. The lowest BCUT2D eigenvalue weighted by atomic mass is 10.1. The third-order valence-corrected chi connectivity index (χ3v) is 4.96. The first kappa shape index (κ1) is 22.4. The summed E-state index contributed by atoms with van der Waals surface area (Å²) in [6.45, 7) is 7.23. The molecule has 8 nitrogen and oxygen atoms in total. The fraction of sp³-hybridized carbons (Fsp3) is 0.500. The van der Waals surface area contributed by atoms with Crippen molar-refractivity contribution in [2.45, 2.75) is 32.4 Å². The maximum Gasteiger partial charge on any atom is 0.410 e. The third-order valence-electron chi connectivity index (χ3n) is 4.96. The molecule has 0 aromatic heterocycles. The lowest BCUT2D eigenvalue weighted by Gasteiger charge is -2.37. The number of fused-ring (bicyclic) bond motifs is 1. The first-order valence-corrected chi connectivity index (χ1v) is 9.99. The van der Waals surface area contributed by atoms with Crippen LogP contribution in [0, 0.1) is 17.7 Å². The third kappa shape index (κ3) is 5.26. The average Bonchev–Trinajstić information content (AvgIpc) is 3.02. The van der Waals surface area contributed by atoms with Crippen molar-refractivity contribution in [1.82, 2.24) is 14.7 Å². The normalized spacial score (nSPS) is 18.3. The summed E-state index contributed by atoms with van der Waals surface area (Å²) in [5.74, 6) is 4.27. The number of piperazine rings is 1. The molecule has 1 aromatic carbocycles. The minimum Gasteiger partial charge on any atom is -0.465 e. The molecule has 1 atom stereocenters. The topological polar surface area (TPSA) is 79.4 Å². The van der Waals surface area contributed by atoms with Crippen LogP contribution in [0.25, 0.3) is 0 Å². The number of urea groups is 1. The number of carbonyl (C=O) groups is 3. The lowest BCUT2D eigenvalue weighted by molar-refractivity contribution is 0.0127. The maximum absolute atomic E-state index is 14.2. The Morgan fingerprint density at radius 3 is 2.61 bits per heavy atom. The van der Waals surface area contributed by atoms with Crippen LogP contribution in [0.15, 0.2) is 18.2 Å². The number of carbonyl (C=O) groups excluding carboxylic acids is 3. The maximum atomic E-state index is 14.2. The smallest absolute Gasteiger partial charge is 0.410 e. The number of methoxy groups -OCH3 is 1. The van der Waals surface area contributed by atoms with Gasteiger partial charge in [0.15, 0.2) is 0 Å². The van der Waals surface area contributed by atoms with Crippen molar-refractivity contribution < 1.29 is 28.2 Å². The minimum atomic E-state index is -0.631. The summed E-state index contributed by atoms with van der Waals surface area (Å²) >= 11 is 0. The fourth-order valence-corrected chi connectivity index (χ4v) is 3.49. The van der Waals surface area contributed by atoms with Gasteiger partial charge in [-0.25, -0.2) is 18.8 Å². The van der Waals surface area contributed by atoms with E-state index in [2.05, 4.69) is 16.6 Å².